The molecule has 11 heteroatoms. The van der Waals surface area contributed by atoms with Crippen LogP contribution in [0.5, 0.6) is 0 Å². The summed E-state index contributed by atoms with van der Waals surface area (Å²) in [6.45, 7) is 3.29. The van der Waals surface area contributed by atoms with E-state index in [0.29, 0.717) is 75.0 Å². The highest BCUT2D eigenvalue weighted by atomic mass is 35.5. The Bertz CT molecular complexity index is 1150. The molecule has 1 N–H and O–H groups in total. The van der Waals surface area contributed by atoms with Gasteiger partial charge in [-0.3, -0.25) is 4.79 Å². The average molecular weight is 501 g/mol. The molecule has 3 aliphatic rings. The van der Waals surface area contributed by atoms with Crippen LogP contribution in [0.15, 0.2) is 47.8 Å². The van der Waals surface area contributed by atoms with Crippen LogP contribution in [0, 0.1) is 5.82 Å². The van der Waals surface area contributed by atoms with Gasteiger partial charge in [0, 0.05) is 70.4 Å². The van der Waals surface area contributed by atoms with E-state index in [1.807, 2.05) is 6.07 Å². The zero-order chi connectivity index (χ0) is 24.4. The first-order chi connectivity index (χ1) is 16.9. The Kier molecular flexibility index (Phi) is 6.46. The third kappa shape index (κ3) is 5.02. The molecular weight excluding hydrogens is 475 g/mol. The molecule has 184 valence electrons. The summed E-state index contributed by atoms with van der Waals surface area (Å²) in [7, 11) is 0. The van der Waals surface area contributed by atoms with Gasteiger partial charge in [-0.05, 0) is 30.3 Å². The van der Waals surface area contributed by atoms with Gasteiger partial charge < -0.3 is 24.9 Å². The topological polar surface area (TPSA) is 90.4 Å². The van der Waals surface area contributed by atoms with Crippen molar-refractivity contribution in [2.75, 3.05) is 49.5 Å². The van der Waals surface area contributed by atoms with E-state index in [0.717, 1.165) is 5.82 Å². The monoisotopic (exact) mass is 500 g/mol. The van der Waals surface area contributed by atoms with E-state index in [1.54, 1.807) is 34.2 Å². The van der Waals surface area contributed by atoms with Gasteiger partial charge in [0.25, 0.3) is 5.91 Å². The van der Waals surface area contributed by atoms with Crippen LogP contribution >= 0.6 is 11.6 Å². The first kappa shape index (κ1) is 23.3. The summed E-state index contributed by atoms with van der Waals surface area (Å²) in [4.78, 5) is 41.3. The molecule has 0 aliphatic carbocycles. The normalized spacial score (nSPS) is 19.4. The van der Waals surface area contributed by atoms with Crippen molar-refractivity contribution in [2.45, 2.75) is 24.9 Å². The molecule has 0 atom stereocenters. The maximum atomic E-state index is 13.4. The molecule has 1 aromatic carbocycles. The summed E-state index contributed by atoms with van der Waals surface area (Å²) in [5.41, 5.74) is 0.269. The number of benzene rings is 1. The second-order valence-corrected chi connectivity index (χ2v) is 9.41. The van der Waals surface area contributed by atoms with Crippen molar-refractivity contribution in [2.24, 2.45) is 5.16 Å². The number of halogens is 2. The van der Waals surface area contributed by atoms with Gasteiger partial charge in [-0.1, -0.05) is 22.8 Å². The fourth-order valence-corrected chi connectivity index (χ4v) is 4.95. The lowest BCUT2D eigenvalue weighted by atomic mass is 9.86. The highest BCUT2D eigenvalue weighted by molar-refractivity contribution is 6.39. The van der Waals surface area contributed by atoms with Gasteiger partial charge in [0.05, 0.1) is 5.02 Å². The number of nitrogens with zero attached hydrogens (tertiary/aromatic N) is 5. The first-order valence-corrected chi connectivity index (χ1v) is 12.0. The number of urea groups is 1. The van der Waals surface area contributed by atoms with Gasteiger partial charge in [0.15, 0.2) is 0 Å². The van der Waals surface area contributed by atoms with Crippen LogP contribution in [-0.4, -0.2) is 77.3 Å². The predicted octanol–water partition coefficient (Wildman–Crippen LogP) is 3.37. The number of carbonyl (C=O) groups excluding carboxylic acids is 2. The Hall–Kier alpha value is -3.40. The number of hydrogen-bond donors (Lipinski definition) is 1. The molecule has 4 heterocycles. The van der Waals surface area contributed by atoms with Crippen molar-refractivity contribution in [3.8, 4) is 0 Å². The van der Waals surface area contributed by atoms with Crippen molar-refractivity contribution >= 4 is 40.8 Å². The molecule has 1 spiro atoms. The fourth-order valence-electron chi connectivity index (χ4n) is 4.70. The van der Waals surface area contributed by atoms with E-state index in [4.69, 9.17) is 16.4 Å². The number of piperazine rings is 1. The molecule has 0 unspecified atom stereocenters. The lowest BCUT2D eigenvalue weighted by Crippen LogP contribution is -2.52. The first-order valence-electron chi connectivity index (χ1n) is 11.6. The van der Waals surface area contributed by atoms with E-state index in [1.165, 1.54) is 12.1 Å². The quantitative estimate of drug-likeness (QED) is 0.698. The number of piperidine rings is 1. The van der Waals surface area contributed by atoms with Crippen molar-refractivity contribution in [3.05, 3.63) is 53.4 Å². The van der Waals surface area contributed by atoms with Crippen LogP contribution in [0.3, 0.4) is 0 Å². The molecule has 2 aromatic rings. The summed E-state index contributed by atoms with van der Waals surface area (Å²) >= 11 is 6.26. The molecule has 3 amide bonds. The summed E-state index contributed by atoms with van der Waals surface area (Å²) < 4.78 is 13.4. The molecular formula is C24H26ClFN6O3. The number of rotatable bonds is 3. The largest absolute Gasteiger partial charge is 0.388 e. The SMILES string of the molecule is O=C(Nc1cccc(F)c1)N1CCC2(CC1)CC(C(=O)N1CCN(c3ncccc3Cl)CC1)=NO2. The number of oxime groups is 1. The number of anilines is 2. The Morgan fingerprint density at radius 3 is 2.51 bits per heavy atom. The number of nitrogens with one attached hydrogen (secondary N) is 1. The van der Waals surface area contributed by atoms with Gasteiger partial charge in [0.2, 0.25) is 0 Å². The van der Waals surface area contributed by atoms with Gasteiger partial charge >= 0.3 is 6.03 Å². The Morgan fingerprint density at radius 1 is 1.03 bits per heavy atom. The predicted molar refractivity (Wildman–Crippen MR) is 130 cm³/mol. The lowest BCUT2D eigenvalue weighted by molar-refractivity contribution is -0.124. The third-order valence-corrected chi connectivity index (χ3v) is 7.02. The minimum Gasteiger partial charge on any atom is -0.388 e. The van der Waals surface area contributed by atoms with Crippen LogP contribution < -0.4 is 10.2 Å². The highest BCUT2D eigenvalue weighted by Gasteiger charge is 2.45. The summed E-state index contributed by atoms with van der Waals surface area (Å²) in [6.07, 6.45) is 3.27. The molecule has 35 heavy (non-hydrogen) atoms. The zero-order valence-electron chi connectivity index (χ0n) is 19.1. The maximum absolute atomic E-state index is 13.4. The van der Waals surface area contributed by atoms with Gasteiger partial charge in [-0.2, -0.15) is 0 Å². The summed E-state index contributed by atoms with van der Waals surface area (Å²) in [6, 6.07) is 9.11. The summed E-state index contributed by atoms with van der Waals surface area (Å²) in [5.74, 6) is 0.214. The van der Waals surface area contributed by atoms with Gasteiger partial charge in [-0.15, -0.1) is 0 Å². The van der Waals surface area contributed by atoms with Gasteiger partial charge in [0.1, 0.15) is 22.9 Å². The van der Waals surface area contributed by atoms with E-state index in [2.05, 4.69) is 20.4 Å². The van der Waals surface area contributed by atoms with Crippen LogP contribution in [-0.2, 0) is 9.63 Å². The summed E-state index contributed by atoms with van der Waals surface area (Å²) in [5, 5.41) is 7.46. The number of amides is 3. The number of pyridine rings is 1. The fraction of sp³-hybridized carbons (Fsp3) is 0.417. The Morgan fingerprint density at radius 2 is 1.80 bits per heavy atom. The second kappa shape index (κ2) is 9.69. The molecule has 0 saturated carbocycles. The molecule has 1 aromatic heterocycles. The van der Waals surface area contributed by atoms with Crippen LogP contribution in [0.2, 0.25) is 5.02 Å². The number of hydrogen-bond acceptors (Lipinski definition) is 6. The van der Waals surface area contributed by atoms with Crippen LogP contribution in [0.1, 0.15) is 19.3 Å². The minimum absolute atomic E-state index is 0.111. The lowest BCUT2D eigenvalue weighted by Gasteiger charge is -2.37. The van der Waals surface area contributed by atoms with E-state index in [-0.39, 0.29) is 11.9 Å². The van der Waals surface area contributed by atoms with Crippen LogP contribution in [0.4, 0.5) is 20.7 Å². The molecule has 3 aliphatic heterocycles. The Labute approximate surface area is 207 Å². The minimum atomic E-state index is -0.566. The van der Waals surface area contributed by atoms with Crippen molar-refractivity contribution in [3.63, 3.8) is 0 Å². The van der Waals surface area contributed by atoms with Crippen molar-refractivity contribution < 1.29 is 18.8 Å². The second-order valence-electron chi connectivity index (χ2n) is 9.00. The standard InChI is InChI=1S/C24H26ClFN6O3/c25-19-5-2-8-27-21(19)30-11-13-31(14-12-30)22(33)20-16-24(35-29-20)6-9-32(10-7-24)23(34)28-18-4-1-3-17(26)15-18/h1-5,8,15H,6-7,9-14,16H2,(H,28,34). The molecule has 2 fully saturated rings. The smallest absolute Gasteiger partial charge is 0.321 e. The molecule has 0 radical (unpaired) electrons. The number of aromatic nitrogens is 1. The third-order valence-electron chi connectivity index (χ3n) is 6.73. The average Bonchev–Trinajstić information content (AvgIpc) is 3.28. The molecule has 5 rings (SSSR count). The van der Waals surface area contributed by atoms with Gasteiger partial charge in [-0.25, -0.2) is 14.2 Å². The van der Waals surface area contributed by atoms with E-state index >= 15 is 0 Å². The van der Waals surface area contributed by atoms with Crippen molar-refractivity contribution in [1.82, 2.24) is 14.8 Å². The highest BCUT2D eigenvalue weighted by Crippen LogP contribution is 2.35. The van der Waals surface area contributed by atoms with E-state index < -0.39 is 11.4 Å². The van der Waals surface area contributed by atoms with Crippen LogP contribution in [0.25, 0.3) is 0 Å². The zero-order valence-corrected chi connectivity index (χ0v) is 19.9. The maximum Gasteiger partial charge on any atom is 0.321 e. The molecule has 9 nitrogen and oxygen atoms in total. The van der Waals surface area contributed by atoms with E-state index in [9.17, 15) is 14.0 Å². The van der Waals surface area contributed by atoms with Crippen molar-refractivity contribution in [1.29, 1.82) is 0 Å². The Balaban J connectivity index is 1.11. The number of carbonyl (C=O) groups is 2. The molecule has 0 bridgehead atoms. The number of likely N-dealkylation sites (tertiary alicyclic amines) is 1. The molecule has 2 saturated heterocycles.